The summed E-state index contributed by atoms with van der Waals surface area (Å²) in [6.45, 7) is 8.74. The number of hydrogen-bond acceptors (Lipinski definition) is 5. The topological polar surface area (TPSA) is 75.4 Å². The van der Waals surface area contributed by atoms with Crippen LogP contribution in [0.2, 0.25) is 0 Å². The van der Waals surface area contributed by atoms with Crippen LogP contribution in [0, 0.1) is 0 Å². The molecule has 2 N–H and O–H groups in total. The van der Waals surface area contributed by atoms with Gasteiger partial charge in [-0.15, -0.1) is 0 Å². The SMILES string of the molecule is CC(C)c1ccc([C@@H](C)CC(=O)N2CC[C@H](N(C)Cc3nccc(N)n3)C2)cc1. The Balaban J connectivity index is 1.51. The molecular weight excluding hydrogens is 362 g/mol. The molecule has 1 aliphatic heterocycles. The highest BCUT2D eigenvalue weighted by molar-refractivity contribution is 5.77. The number of aromatic nitrogens is 2. The van der Waals surface area contributed by atoms with Crippen molar-refractivity contribution in [3.8, 4) is 0 Å². The Morgan fingerprint density at radius 1 is 1.21 bits per heavy atom. The monoisotopic (exact) mass is 395 g/mol. The van der Waals surface area contributed by atoms with Gasteiger partial charge in [0.1, 0.15) is 11.6 Å². The van der Waals surface area contributed by atoms with Crippen molar-refractivity contribution in [1.82, 2.24) is 19.8 Å². The first-order valence-electron chi connectivity index (χ1n) is 10.5. The molecular formula is C23H33N5O. The summed E-state index contributed by atoms with van der Waals surface area (Å²) in [5.74, 6) is 2.19. The molecule has 2 heterocycles. The second-order valence-electron chi connectivity index (χ2n) is 8.52. The van der Waals surface area contributed by atoms with E-state index in [0.29, 0.717) is 30.7 Å². The number of anilines is 1. The van der Waals surface area contributed by atoms with Crippen LogP contribution in [0.1, 0.15) is 62.4 Å². The molecule has 156 valence electrons. The second-order valence-corrected chi connectivity index (χ2v) is 8.52. The van der Waals surface area contributed by atoms with Crippen molar-refractivity contribution in [3.05, 3.63) is 53.5 Å². The maximum atomic E-state index is 12.8. The summed E-state index contributed by atoms with van der Waals surface area (Å²) in [6.07, 6.45) is 3.21. The first-order valence-corrected chi connectivity index (χ1v) is 10.5. The molecule has 6 heteroatoms. The van der Waals surface area contributed by atoms with E-state index in [4.69, 9.17) is 5.73 Å². The predicted molar refractivity (Wildman–Crippen MR) is 116 cm³/mol. The van der Waals surface area contributed by atoms with Crippen molar-refractivity contribution in [1.29, 1.82) is 0 Å². The highest BCUT2D eigenvalue weighted by Gasteiger charge is 2.29. The average molecular weight is 396 g/mol. The molecule has 1 fully saturated rings. The van der Waals surface area contributed by atoms with Crippen LogP contribution >= 0.6 is 0 Å². The summed E-state index contributed by atoms with van der Waals surface area (Å²) in [6, 6.07) is 10.7. The Morgan fingerprint density at radius 3 is 2.55 bits per heavy atom. The van der Waals surface area contributed by atoms with Gasteiger partial charge < -0.3 is 10.6 Å². The fraction of sp³-hybridized carbons (Fsp3) is 0.522. The zero-order valence-corrected chi connectivity index (χ0v) is 18.0. The summed E-state index contributed by atoms with van der Waals surface area (Å²) in [4.78, 5) is 25.6. The lowest BCUT2D eigenvalue weighted by molar-refractivity contribution is -0.130. The summed E-state index contributed by atoms with van der Waals surface area (Å²) >= 11 is 0. The Hall–Kier alpha value is -2.47. The van der Waals surface area contributed by atoms with E-state index in [0.717, 1.165) is 25.3 Å². The standard InChI is InChI=1S/C23H33N5O/c1-16(2)18-5-7-19(8-6-18)17(3)13-23(29)28-12-10-20(14-28)27(4)15-22-25-11-9-21(24)26-22/h5-9,11,16-17,20H,10,12-15H2,1-4H3,(H2,24,25,26)/t17-,20-/m0/s1. The van der Waals surface area contributed by atoms with Gasteiger partial charge in [0.15, 0.2) is 0 Å². The number of carbonyl (C=O) groups is 1. The molecule has 0 spiro atoms. The number of likely N-dealkylation sites (N-methyl/N-ethyl adjacent to an activating group) is 1. The van der Waals surface area contributed by atoms with Crippen LogP contribution in [0.15, 0.2) is 36.5 Å². The van der Waals surface area contributed by atoms with Crippen LogP contribution in [0.3, 0.4) is 0 Å². The number of likely N-dealkylation sites (tertiary alicyclic amines) is 1. The highest BCUT2D eigenvalue weighted by Crippen LogP contribution is 2.24. The molecule has 1 amide bonds. The minimum atomic E-state index is 0.223. The van der Waals surface area contributed by atoms with Gasteiger partial charge >= 0.3 is 0 Å². The third-order valence-electron chi connectivity index (χ3n) is 5.91. The Morgan fingerprint density at radius 2 is 1.90 bits per heavy atom. The van der Waals surface area contributed by atoms with E-state index in [1.54, 1.807) is 12.3 Å². The Labute approximate surface area is 174 Å². The van der Waals surface area contributed by atoms with E-state index in [9.17, 15) is 4.79 Å². The first kappa shape index (κ1) is 21.2. The number of hydrogen-bond donors (Lipinski definition) is 1. The molecule has 1 aromatic heterocycles. The smallest absolute Gasteiger partial charge is 0.223 e. The molecule has 0 radical (unpaired) electrons. The molecule has 1 aromatic carbocycles. The molecule has 6 nitrogen and oxygen atoms in total. The fourth-order valence-corrected chi connectivity index (χ4v) is 3.89. The lowest BCUT2D eigenvalue weighted by Crippen LogP contribution is -2.36. The van der Waals surface area contributed by atoms with Crippen LogP contribution in [0.5, 0.6) is 0 Å². The van der Waals surface area contributed by atoms with Crippen LogP contribution in [0.4, 0.5) is 5.82 Å². The van der Waals surface area contributed by atoms with Gasteiger partial charge in [-0.25, -0.2) is 9.97 Å². The van der Waals surface area contributed by atoms with Gasteiger partial charge in [0.05, 0.1) is 6.54 Å². The third kappa shape index (κ3) is 5.54. The zero-order chi connectivity index (χ0) is 21.0. The maximum absolute atomic E-state index is 12.8. The Kier molecular flexibility index (Phi) is 6.85. The van der Waals surface area contributed by atoms with Crippen LogP contribution in [-0.4, -0.2) is 51.9 Å². The van der Waals surface area contributed by atoms with Crippen LogP contribution in [-0.2, 0) is 11.3 Å². The van der Waals surface area contributed by atoms with Crippen molar-refractivity contribution >= 4 is 11.7 Å². The van der Waals surface area contributed by atoms with Crippen molar-refractivity contribution in [2.24, 2.45) is 0 Å². The number of nitrogens with two attached hydrogens (primary N) is 1. The number of amides is 1. The molecule has 0 saturated carbocycles. The summed E-state index contributed by atoms with van der Waals surface area (Å²) in [5, 5.41) is 0. The van der Waals surface area contributed by atoms with Crippen LogP contribution in [0.25, 0.3) is 0 Å². The summed E-state index contributed by atoms with van der Waals surface area (Å²) in [7, 11) is 2.06. The maximum Gasteiger partial charge on any atom is 0.223 e. The molecule has 1 saturated heterocycles. The summed E-state index contributed by atoms with van der Waals surface area (Å²) in [5.41, 5.74) is 8.31. The van der Waals surface area contributed by atoms with E-state index in [1.807, 2.05) is 4.90 Å². The van der Waals surface area contributed by atoms with Crippen LogP contribution < -0.4 is 5.73 Å². The van der Waals surface area contributed by atoms with Crippen molar-refractivity contribution in [2.75, 3.05) is 25.9 Å². The average Bonchev–Trinajstić information content (AvgIpc) is 3.18. The van der Waals surface area contributed by atoms with Gasteiger partial charge in [-0.05, 0) is 42.5 Å². The molecule has 29 heavy (non-hydrogen) atoms. The minimum Gasteiger partial charge on any atom is -0.384 e. The number of benzene rings is 1. The number of rotatable bonds is 7. The minimum absolute atomic E-state index is 0.223. The lowest BCUT2D eigenvalue weighted by Gasteiger charge is -2.24. The molecule has 0 bridgehead atoms. The van der Waals surface area contributed by atoms with E-state index in [2.05, 4.69) is 67.0 Å². The van der Waals surface area contributed by atoms with Gasteiger partial charge in [-0.1, -0.05) is 45.0 Å². The number of nitrogens with zero attached hydrogens (tertiary/aromatic N) is 4. The predicted octanol–water partition coefficient (Wildman–Crippen LogP) is 3.41. The van der Waals surface area contributed by atoms with E-state index in [-0.39, 0.29) is 11.8 Å². The quantitative estimate of drug-likeness (QED) is 0.777. The number of nitrogen functional groups attached to an aromatic ring is 1. The highest BCUT2D eigenvalue weighted by atomic mass is 16.2. The normalized spacial score (nSPS) is 17.9. The zero-order valence-electron chi connectivity index (χ0n) is 18.0. The summed E-state index contributed by atoms with van der Waals surface area (Å²) < 4.78 is 0. The third-order valence-corrected chi connectivity index (χ3v) is 5.91. The second kappa shape index (κ2) is 9.35. The van der Waals surface area contributed by atoms with Crippen molar-refractivity contribution < 1.29 is 4.79 Å². The fourth-order valence-electron chi connectivity index (χ4n) is 3.89. The van der Waals surface area contributed by atoms with E-state index < -0.39 is 0 Å². The van der Waals surface area contributed by atoms with Crippen molar-refractivity contribution in [2.45, 2.75) is 58.0 Å². The van der Waals surface area contributed by atoms with Gasteiger partial charge in [-0.2, -0.15) is 0 Å². The molecule has 0 unspecified atom stereocenters. The van der Waals surface area contributed by atoms with Gasteiger partial charge in [-0.3, -0.25) is 9.69 Å². The molecule has 1 aliphatic rings. The lowest BCUT2D eigenvalue weighted by atomic mass is 9.94. The molecule has 2 atom stereocenters. The van der Waals surface area contributed by atoms with E-state index >= 15 is 0 Å². The molecule has 2 aromatic rings. The van der Waals surface area contributed by atoms with E-state index in [1.165, 1.54) is 11.1 Å². The van der Waals surface area contributed by atoms with Gasteiger partial charge in [0.25, 0.3) is 0 Å². The number of carbonyl (C=O) groups excluding carboxylic acids is 1. The molecule has 3 rings (SSSR count). The first-order chi connectivity index (χ1) is 13.8. The van der Waals surface area contributed by atoms with Gasteiger partial charge in [0.2, 0.25) is 5.91 Å². The van der Waals surface area contributed by atoms with Gasteiger partial charge in [0, 0.05) is 31.7 Å². The van der Waals surface area contributed by atoms with Crippen molar-refractivity contribution in [3.63, 3.8) is 0 Å². The molecule has 0 aliphatic carbocycles. The largest absolute Gasteiger partial charge is 0.384 e. The Bertz CT molecular complexity index is 820.